The molecule has 1 unspecified atom stereocenters. The Labute approximate surface area is 137 Å². The predicted octanol–water partition coefficient (Wildman–Crippen LogP) is 3.95. The quantitative estimate of drug-likeness (QED) is 0.850. The van der Waals surface area contributed by atoms with Crippen molar-refractivity contribution in [1.29, 1.82) is 0 Å². The monoisotopic (exact) mass is 325 g/mol. The first kappa shape index (κ1) is 17.1. The summed E-state index contributed by atoms with van der Waals surface area (Å²) in [5.41, 5.74) is -0.569. The highest BCUT2D eigenvalue weighted by Crippen LogP contribution is 2.33. The summed E-state index contributed by atoms with van der Waals surface area (Å²) in [6.07, 6.45) is 1.54. The van der Waals surface area contributed by atoms with Crippen LogP contribution in [0.1, 0.15) is 45.6 Å². The minimum absolute atomic E-state index is 0.312. The van der Waals surface area contributed by atoms with Gasteiger partial charge in [0.05, 0.1) is 5.60 Å². The number of likely N-dealkylation sites (tertiary alicyclic amines) is 1. The molecule has 1 saturated heterocycles. The fraction of sp³-hybridized carbons (Fsp3) is 0.588. The number of hydrogen-bond donors (Lipinski definition) is 1. The lowest BCUT2D eigenvalue weighted by Crippen LogP contribution is -2.38. The summed E-state index contributed by atoms with van der Waals surface area (Å²) in [4.78, 5) is 13.8. The van der Waals surface area contributed by atoms with Gasteiger partial charge in [0.2, 0.25) is 0 Å². The third kappa shape index (κ3) is 4.37. The zero-order chi connectivity index (χ0) is 16.4. The Morgan fingerprint density at radius 3 is 2.45 bits per heavy atom. The molecule has 5 heteroatoms. The van der Waals surface area contributed by atoms with Crippen LogP contribution < -0.4 is 0 Å². The molecule has 0 saturated carbocycles. The molecule has 122 valence electrons. The van der Waals surface area contributed by atoms with Crippen molar-refractivity contribution in [2.75, 3.05) is 13.1 Å². The number of nitrogens with zero attached hydrogens (tertiary/aromatic N) is 1. The van der Waals surface area contributed by atoms with Gasteiger partial charge in [0, 0.05) is 18.1 Å². The van der Waals surface area contributed by atoms with Gasteiger partial charge in [0.1, 0.15) is 5.60 Å². The van der Waals surface area contributed by atoms with Crippen LogP contribution in [0.15, 0.2) is 24.3 Å². The first-order valence-corrected chi connectivity index (χ1v) is 8.04. The SMILES string of the molecule is CC(C)(C)OC(=O)N1CCCC(O)(c2ccc(Cl)cc2)CC1. The average molecular weight is 326 g/mol. The van der Waals surface area contributed by atoms with Crippen LogP contribution in [0, 0.1) is 0 Å². The molecule has 0 bridgehead atoms. The third-order valence-electron chi connectivity index (χ3n) is 3.85. The Morgan fingerprint density at radius 2 is 1.86 bits per heavy atom. The molecule has 22 heavy (non-hydrogen) atoms. The molecular weight excluding hydrogens is 302 g/mol. The number of aliphatic hydroxyl groups is 1. The topological polar surface area (TPSA) is 49.8 Å². The molecular formula is C17H24ClNO3. The van der Waals surface area contributed by atoms with Crippen LogP contribution in [0.4, 0.5) is 4.79 Å². The number of benzene rings is 1. The van der Waals surface area contributed by atoms with Gasteiger partial charge in [-0.05, 0) is 57.7 Å². The minimum atomic E-state index is -0.915. The van der Waals surface area contributed by atoms with Crippen molar-refractivity contribution < 1.29 is 14.6 Å². The van der Waals surface area contributed by atoms with E-state index in [1.54, 1.807) is 17.0 Å². The Balaban J connectivity index is 2.05. The van der Waals surface area contributed by atoms with Crippen LogP contribution in [0.2, 0.25) is 5.02 Å². The lowest BCUT2D eigenvalue weighted by Gasteiger charge is -2.28. The Kier molecular flexibility index (Phi) is 5.03. The number of halogens is 1. The van der Waals surface area contributed by atoms with E-state index in [1.807, 2.05) is 32.9 Å². The van der Waals surface area contributed by atoms with Gasteiger partial charge in [0.15, 0.2) is 0 Å². The van der Waals surface area contributed by atoms with Crippen LogP contribution in [-0.4, -0.2) is 34.8 Å². The molecule has 1 amide bonds. The zero-order valence-corrected chi connectivity index (χ0v) is 14.2. The number of carbonyl (C=O) groups is 1. The third-order valence-corrected chi connectivity index (χ3v) is 4.10. The van der Waals surface area contributed by atoms with E-state index in [9.17, 15) is 9.90 Å². The number of hydrogen-bond acceptors (Lipinski definition) is 3. The maximum absolute atomic E-state index is 12.2. The van der Waals surface area contributed by atoms with E-state index in [2.05, 4.69) is 0 Å². The van der Waals surface area contributed by atoms with Crippen molar-refractivity contribution in [3.8, 4) is 0 Å². The van der Waals surface area contributed by atoms with Gasteiger partial charge in [-0.1, -0.05) is 23.7 Å². The fourth-order valence-electron chi connectivity index (χ4n) is 2.68. The van der Waals surface area contributed by atoms with Crippen LogP contribution in [0.25, 0.3) is 0 Å². The summed E-state index contributed by atoms with van der Waals surface area (Å²) < 4.78 is 5.41. The lowest BCUT2D eigenvalue weighted by molar-refractivity contribution is 0.0128. The second kappa shape index (κ2) is 6.47. The van der Waals surface area contributed by atoms with Crippen molar-refractivity contribution >= 4 is 17.7 Å². The number of ether oxygens (including phenoxy) is 1. The Hall–Kier alpha value is -1.26. The summed E-state index contributed by atoms with van der Waals surface area (Å²) in [5, 5.41) is 11.6. The normalized spacial score (nSPS) is 23.0. The highest BCUT2D eigenvalue weighted by atomic mass is 35.5. The smallest absolute Gasteiger partial charge is 0.410 e. The van der Waals surface area contributed by atoms with E-state index in [-0.39, 0.29) is 6.09 Å². The summed E-state index contributed by atoms with van der Waals surface area (Å²) in [5.74, 6) is 0. The van der Waals surface area contributed by atoms with Gasteiger partial charge in [-0.2, -0.15) is 0 Å². The summed E-state index contributed by atoms with van der Waals surface area (Å²) in [6.45, 7) is 6.64. The standard InChI is InChI=1S/C17H24ClNO3/c1-16(2,3)22-15(20)19-11-4-9-17(21,10-12-19)13-5-7-14(18)8-6-13/h5-8,21H,4,9-12H2,1-3H3. The molecule has 1 atom stereocenters. The molecule has 1 aliphatic rings. The minimum Gasteiger partial charge on any atom is -0.444 e. The van der Waals surface area contributed by atoms with Crippen molar-refractivity contribution in [3.63, 3.8) is 0 Å². The highest BCUT2D eigenvalue weighted by molar-refractivity contribution is 6.30. The van der Waals surface area contributed by atoms with E-state index >= 15 is 0 Å². The molecule has 0 spiro atoms. The van der Waals surface area contributed by atoms with Gasteiger partial charge in [-0.3, -0.25) is 0 Å². The molecule has 1 aromatic carbocycles. The van der Waals surface area contributed by atoms with Gasteiger partial charge in [-0.15, -0.1) is 0 Å². The van der Waals surface area contributed by atoms with E-state index in [1.165, 1.54) is 0 Å². The molecule has 0 aliphatic carbocycles. The summed E-state index contributed by atoms with van der Waals surface area (Å²) in [7, 11) is 0. The molecule has 1 fully saturated rings. The Bertz CT molecular complexity index is 524. The molecule has 0 radical (unpaired) electrons. The fourth-order valence-corrected chi connectivity index (χ4v) is 2.80. The highest BCUT2D eigenvalue weighted by Gasteiger charge is 2.34. The first-order chi connectivity index (χ1) is 10.2. The maximum atomic E-state index is 12.2. The van der Waals surface area contributed by atoms with E-state index in [0.29, 0.717) is 31.0 Å². The lowest BCUT2D eigenvalue weighted by atomic mass is 9.87. The number of rotatable bonds is 1. The molecule has 1 aromatic rings. The molecule has 4 nitrogen and oxygen atoms in total. The first-order valence-electron chi connectivity index (χ1n) is 7.66. The second-order valence-electron chi connectivity index (χ2n) is 6.86. The molecule has 1 N–H and O–H groups in total. The molecule has 1 heterocycles. The molecule has 0 aromatic heterocycles. The van der Waals surface area contributed by atoms with Crippen molar-refractivity contribution in [2.45, 2.75) is 51.2 Å². The van der Waals surface area contributed by atoms with Crippen LogP contribution >= 0.6 is 11.6 Å². The summed E-state index contributed by atoms with van der Waals surface area (Å²) in [6, 6.07) is 7.27. The zero-order valence-electron chi connectivity index (χ0n) is 13.4. The van der Waals surface area contributed by atoms with Crippen LogP contribution in [0.5, 0.6) is 0 Å². The van der Waals surface area contributed by atoms with Crippen molar-refractivity contribution in [2.24, 2.45) is 0 Å². The average Bonchev–Trinajstić information content (AvgIpc) is 2.60. The maximum Gasteiger partial charge on any atom is 0.410 e. The molecule has 2 rings (SSSR count). The largest absolute Gasteiger partial charge is 0.444 e. The van der Waals surface area contributed by atoms with Gasteiger partial charge < -0.3 is 14.7 Å². The van der Waals surface area contributed by atoms with Gasteiger partial charge in [0.25, 0.3) is 0 Å². The second-order valence-corrected chi connectivity index (χ2v) is 7.30. The van der Waals surface area contributed by atoms with E-state index in [4.69, 9.17) is 16.3 Å². The number of amides is 1. The predicted molar refractivity (Wildman–Crippen MR) is 87.0 cm³/mol. The van der Waals surface area contributed by atoms with Crippen molar-refractivity contribution in [1.82, 2.24) is 4.90 Å². The van der Waals surface area contributed by atoms with E-state index in [0.717, 1.165) is 12.0 Å². The van der Waals surface area contributed by atoms with Gasteiger partial charge in [-0.25, -0.2) is 4.79 Å². The van der Waals surface area contributed by atoms with Gasteiger partial charge >= 0.3 is 6.09 Å². The van der Waals surface area contributed by atoms with Crippen LogP contribution in [0.3, 0.4) is 0 Å². The van der Waals surface area contributed by atoms with Crippen LogP contribution in [-0.2, 0) is 10.3 Å². The summed E-state index contributed by atoms with van der Waals surface area (Å²) >= 11 is 5.90. The van der Waals surface area contributed by atoms with E-state index < -0.39 is 11.2 Å². The Morgan fingerprint density at radius 1 is 1.23 bits per heavy atom. The molecule has 1 aliphatic heterocycles. The van der Waals surface area contributed by atoms with Crippen molar-refractivity contribution in [3.05, 3.63) is 34.9 Å². The number of carbonyl (C=O) groups excluding carboxylic acids is 1.